The number of halogens is 2. The van der Waals surface area contributed by atoms with E-state index in [9.17, 15) is 18.8 Å². The number of hydrogen-bond acceptors (Lipinski definition) is 5. The van der Waals surface area contributed by atoms with Gasteiger partial charge in [0.2, 0.25) is 0 Å². The zero-order valence-corrected chi connectivity index (χ0v) is 16.1. The van der Waals surface area contributed by atoms with Crippen LogP contribution in [0.2, 0.25) is 5.02 Å². The summed E-state index contributed by atoms with van der Waals surface area (Å²) < 4.78 is 20.2. The summed E-state index contributed by atoms with van der Waals surface area (Å²) >= 11 is 5.94. The van der Waals surface area contributed by atoms with Crippen molar-refractivity contribution in [2.45, 2.75) is 39.8 Å². The predicted octanol–water partition coefficient (Wildman–Crippen LogP) is 2.33. The summed E-state index contributed by atoms with van der Waals surface area (Å²) in [6.07, 6.45) is 1.10. The van der Waals surface area contributed by atoms with E-state index >= 15 is 0 Å². The molecule has 0 aliphatic carbocycles. The zero-order chi connectivity index (χ0) is 20.4. The minimum absolute atomic E-state index is 0.197. The van der Waals surface area contributed by atoms with Gasteiger partial charge in [-0.1, -0.05) is 11.6 Å². The van der Waals surface area contributed by atoms with Crippen molar-refractivity contribution in [2.24, 2.45) is 5.10 Å². The number of benzene rings is 1. The maximum absolute atomic E-state index is 13.3. The summed E-state index contributed by atoms with van der Waals surface area (Å²) in [7, 11) is 0. The molecule has 0 bridgehead atoms. The van der Waals surface area contributed by atoms with Crippen LogP contribution in [0.3, 0.4) is 0 Å². The molecule has 0 aliphatic heterocycles. The maximum Gasteiger partial charge on any atom is 0.352 e. The van der Waals surface area contributed by atoms with E-state index in [1.165, 1.54) is 19.1 Å². The first-order valence-electron chi connectivity index (χ1n) is 8.03. The number of carbonyl (C=O) groups excluding carboxylic acids is 1. The Hall–Kier alpha value is -2.74. The number of nitrogens with zero attached hydrogens (tertiary/aromatic N) is 3. The quantitative estimate of drug-likeness (QED) is 0.587. The monoisotopic (exact) mass is 395 g/mol. The largest absolute Gasteiger partial charge is 0.459 e. The van der Waals surface area contributed by atoms with Gasteiger partial charge < -0.3 is 4.74 Å². The van der Waals surface area contributed by atoms with Crippen molar-refractivity contribution >= 4 is 23.8 Å². The fourth-order valence-electron chi connectivity index (χ4n) is 2.21. The van der Waals surface area contributed by atoms with Gasteiger partial charge in [-0.3, -0.25) is 14.2 Å². The fourth-order valence-corrected chi connectivity index (χ4v) is 2.38. The third-order valence-corrected chi connectivity index (χ3v) is 3.70. The minimum Gasteiger partial charge on any atom is -0.459 e. The number of hydrogen-bond donors (Lipinski definition) is 0. The van der Waals surface area contributed by atoms with E-state index in [0.29, 0.717) is 4.68 Å². The molecule has 0 saturated heterocycles. The second-order valence-electron chi connectivity index (χ2n) is 6.80. The van der Waals surface area contributed by atoms with Crippen LogP contribution in [0, 0.1) is 12.7 Å². The minimum atomic E-state index is -0.824. The van der Waals surface area contributed by atoms with Crippen LogP contribution in [0.4, 0.5) is 4.39 Å². The second-order valence-corrected chi connectivity index (χ2v) is 7.21. The van der Waals surface area contributed by atoms with Gasteiger partial charge in [-0.05, 0) is 45.9 Å². The molecule has 9 heteroatoms. The topological polar surface area (TPSA) is 82.7 Å². The third kappa shape index (κ3) is 5.37. The van der Waals surface area contributed by atoms with E-state index in [4.69, 9.17) is 16.3 Å². The van der Waals surface area contributed by atoms with Gasteiger partial charge in [0.15, 0.2) is 0 Å². The lowest BCUT2D eigenvalue weighted by molar-refractivity contribution is -0.155. The number of carbonyl (C=O) groups is 1. The van der Waals surface area contributed by atoms with Crippen molar-refractivity contribution < 1.29 is 13.9 Å². The SMILES string of the molecule is Cc1cc(=O)n(/N=C/c2cc(F)ccc2Cl)c(=O)n1CC(=O)OC(C)(C)C. The van der Waals surface area contributed by atoms with Crippen molar-refractivity contribution in [2.75, 3.05) is 0 Å². The smallest absolute Gasteiger partial charge is 0.352 e. The average molecular weight is 396 g/mol. The lowest BCUT2D eigenvalue weighted by Crippen LogP contribution is -2.40. The lowest BCUT2D eigenvalue weighted by Gasteiger charge is -2.20. The van der Waals surface area contributed by atoms with E-state index in [2.05, 4.69) is 5.10 Å². The van der Waals surface area contributed by atoms with E-state index in [0.717, 1.165) is 22.9 Å². The summed E-state index contributed by atoms with van der Waals surface area (Å²) in [5.41, 5.74) is -1.75. The van der Waals surface area contributed by atoms with Gasteiger partial charge >= 0.3 is 11.7 Å². The molecule has 2 rings (SSSR count). The van der Waals surface area contributed by atoms with Crippen molar-refractivity contribution in [3.8, 4) is 0 Å². The molecule has 7 nitrogen and oxygen atoms in total. The number of rotatable bonds is 4. The van der Waals surface area contributed by atoms with Crippen molar-refractivity contribution in [1.82, 2.24) is 9.24 Å². The highest BCUT2D eigenvalue weighted by atomic mass is 35.5. The molecular formula is C18H19ClFN3O4. The average Bonchev–Trinajstić information content (AvgIpc) is 2.52. The molecular weight excluding hydrogens is 377 g/mol. The van der Waals surface area contributed by atoms with Gasteiger partial charge in [-0.25, -0.2) is 9.18 Å². The molecule has 0 N–H and O–H groups in total. The molecule has 0 atom stereocenters. The molecule has 1 heterocycles. The summed E-state index contributed by atoms with van der Waals surface area (Å²) in [6, 6.07) is 4.78. The molecule has 0 saturated carbocycles. The first-order valence-corrected chi connectivity index (χ1v) is 8.40. The molecule has 0 unspecified atom stereocenters. The van der Waals surface area contributed by atoms with Crippen LogP contribution in [-0.4, -0.2) is 27.0 Å². The molecule has 1 aromatic carbocycles. The Morgan fingerprint density at radius 3 is 2.59 bits per heavy atom. The van der Waals surface area contributed by atoms with Gasteiger partial charge in [-0.15, -0.1) is 4.68 Å². The Balaban J connectivity index is 2.42. The second kappa shape index (κ2) is 7.87. The Morgan fingerprint density at radius 1 is 1.30 bits per heavy atom. The summed E-state index contributed by atoms with van der Waals surface area (Å²) in [4.78, 5) is 36.7. The van der Waals surface area contributed by atoms with Crippen LogP contribution < -0.4 is 11.2 Å². The van der Waals surface area contributed by atoms with Gasteiger partial charge in [-0.2, -0.15) is 5.10 Å². The molecule has 0 spiro atoms. The predicted molar refractivity (Wildman–Crippen MR) is 99.9 cm³/mol. The molecule has 0 aliphatic rings. The molecule has 0 radical (unpaired) electrons. The van der Waals surface area contributed by atoms with Gasteiger partial charge in [0.05, 0.1) is 6.21 Å². The fraction of sp³-hybridized carbons (Fsp3) is 0.333. The Kier molecular flexibility index (Phi) is 6.00. The Bertz CT molecular complexity index is 1020. The van der Waals surface area contributed by atoms with E-state index < -0.39 is 28.6 Å². The maximum atomic E-state index is 13.3. The van der Waals surface area contributed by atoms with Crippen LogP contribution in [0.15, 0.2) is 39.0 Å². The number of esters is 1. The highest BCUT2D eigenvalue weighted by molar-refractivity contribution is 6.33. The normalized spacial score (nSPS) is 11.8. The summed E-state index contributed by atoms with van der Waals surface area (Å²) in [5.74, 6) is -1.17. The highest BCUT2D eigenvalue weighted by Crippen LogP contribution is 2.14. The number of ether oxygens (including phenoxy) is 1. The summed E-state index contributed by atoms with van der Waals surface area (Å²) in [5, 5.41) is 4.01. The molecule has 0 amide bonds. The van der Waals surface area contributed by atoms with Crippen LogP contribution in [0.25, 0.3) is 0 Å². The Labute approximate surface area is 159 Å². The summed E-state index contributed by atoms with van der Waals surface area (Å²) in [6.45, 7) is 6.25. The first kappa shape index (κ1) is 20.6. The van der Waals surface area contributed by atoms with Gasteiger partial charge in [0.1, 0.15) is 18.0 Å². The standard InChI is InChI=1S/C18H19ClFN3O4/c1-11-7-15(24)23(21-9-12-8-13(20)5-6-14(12)19)17(26)22(11)10-16(25)27-18(2,3)4/h5-9H,10H2,1-4H3/b21-9+. The van der Waals surface area contributed by atoms with E-state index in [-0.39, 0.29) is 22.8 Å². The molecule has 27 heavy (non-hydrogen) atoms. The molecule has 0 fully saturated rings. The van der Waals surface area contributed by atoms with Crippen LogP contribution in [0.5, 0.6) is 0 Å². The van der Waals surface area contributed by atoms with Gasteiger partial charge in [0.25, 0.3) is 5.56 Å². The van der Waals surface area contributed by atoms with Gasteiger partial charge in [0, 0.05) is 22.3 Å². The van der Waals surface area contributed by atoms with E-state index in [1.54, 1.807) is 20.8 Å². The Morgan fingerprint density at radius 2 is 1.96 bits per heavy atom. The first-order chi connectivity index (χ1) is 12.5. The van der Waals surface area contributed by atoms with Crippen LogP contribution in [-0.2, 0) is 16.1 Å². The van der Waals surface area contributed by atoms with Crippen molar-refractivity contribution in [3.05, 3.63) is 67.2 Å². The number of aromatic nitrogens is 2. The zero-order valence-electron chi connectivity index (χ0n) is 15.3. The third-order valence-electron chi connectivity index (χ3n) is 3.36. The van der Waals surface area contributed by atoms with Crippen molar-refractivity contribution in [1.29, 1.82) is 0 Å². The van der Waals surface area contributed by atoms with Crippen molar-refractivity contribution in [3.63, 3.8) is 0 Å². The lowest BCUT2D eigenvalue weighted by atomic mass is 10.2. The van der Waals surface area contributed by atoms with Crippen LogP contribution in [0.1, 0.15) is 32.0 Å². The highest BCUT2D eigenvalue weighted by Gasteiger charge is 2.19. The molecule has 2 aromatic rings. The number of aryl methyl sites for hydroxylation is 1. The molecule has 1 aromatic heterocycles. The van der Waals surface area contributed by atoms with E-state index in [1.807, 2.05) is 0 Å². The molecule has 144 valence electrons. The van der Waals surface area contributed by atoms with Crippen LogP contribution >= 0.6 is 11.6 Å².